The quantitative estimate of drug-likeness (QED) is 0.410. The molecule has 4 rings (SSSR count). The summed E-state index contributed by atoms with van der Waals surface area (Å²) >= 11 is 0. The number of aromatic hydroxyl groups is 1. The number of carbonyl (C=O) groups excluding carboxylic acids is 1. The van der Waals surface area contributed by atoms with Crippen LogP contribution < -0.4 is 5.32 Å². The number of nitrogens with one attached hydrogen (secondary N) is 1. The number of benzene rings is 2. The number of anilines is 1. The van der Waals surface area contributed by atoms with Gasteiger partial charge in [-0.3, -0.25) is 9.69 Å². The number of aromatic nitrogens is 2. The molecule has 7 nitrogen and oxygen atoms in total. The van der Waals surface area contributed by atoms with Crippen LogP contribution in [-0.4, -0.2) is 32.2 Å². The molecule has 4 aromatic rings. The van der Waals surface area contributed by atoms with E-state index in [2.05, 4.69) is 10.4 Å². The third-order valence-electron chi connectivity index (χ3n) is 5.55. The van der Waals surface area contributed by atoms with Crippen molar-refractivity contribution in [3.8, 4) is 11.4 Å². The molecular weight excluding hydrogens is 416 g/mol. The summed E-state index contributed by atoms with van der Waals surface area (Å²) in [5.74, 6) is 0.790. The summed E-state index contributed by atoms with van der Waals surface area (Å²) < 4.78 is 7.32. The first-order chi connectivity index (χ1) is 15.9. The lowest BCUT2D eigenvalue weighted by Crippen LogP contribution is -2.32. The Hall–Kier alpha value is -3.84. The van der Waals surface area contributed by atoms with Crippen LogP contribution in [0.1, 0.15) is 28.3 Å². The molecule has 2 aromatic carbocycles. The standard InChI is InChI=1S/C26H28N4O3/c1-18-10-12-22(13-11-18)30-20(3)26(19(2)28-30)27-25(32)17-29(16-23-8-6-14-33-23)15-21-7-4-5-9-24(21)31/h4-14,31H,15-17H2,1-3H3,(H,27,32). The van der Waals surface area contributed by atoms with Crippen molar-refractivity contribution in [2.45, 2.75) is 33.9 Å². The lowest BCUT2D eigenvalue weighted by molar-refractivity contribution is -0.117. The summed E-state index contributed by atoms with van der Waals surface area (Å²) in [7, 11) is 0. The number of aryl methyl sites for hydroxylation is 2. The van der Waals surface area contributed by atoms with Gasteiger partial charge in [-0.1, -0.05) is 35.9 Å². The molecule has 2 aromatic heterocycles. The molecule has 0 aliphatic heterocycles. The van der Waals surface area contributed by atoms with E-state index in [0.29, 0.717) is 18.8 Å². The minimum atomic E-state index is -0.161. The van der Waals surface area contributed by atoms with Crippen molar-refractivity contribution in [2.24, 2.45) is 0 Å². The molecule has 1 amide bonds. The Kier molecular flexibility index (Phi) is 6.60. The van der Waals surface area contributed by atoms with Crippen molar-refractivity contribution in [3.63, 3.8) is 0 Å². The average Bonchev–Trinajstić information content (AvgIpc) is 3.39. The molecule has 170 valence electrons. The molecule has 0 aliphatic carbocycles. The van der Waals surface area contributed by atoms with E-state index in [1.807, 2.05) is 78.9 Å². The van der Waals surface area contributed by atoms with Crippen LogP contribution in [0.3, 0.4) is 0 Å². The average molecular weight is 445 g/mol. The SMILES string of the molecule is Cc1ccc(-n2nc(C)c(NC(=O)CN(Cc3ccco3)Cc3ccccc3O)c2C)cc1. The molecule has 0 aliphatic rings. The Morgan fingerprint density at radius 3 is 2.48 bits per heavy atom. The summed E-state index contributed by atoms with van der Waals surface area (Å²) in [4.78, 5) is 15.0. The number of rotatable bonds is 8. The maximum Gasteiger partial charge on any atom is 0.238 e. The minimum Gasteiger partial charge on any atom is -0.508 e. The first kappa shape index (κ1) is 22.4. The molecule has 0 saturated carbocycles. The zero-order valence-electron chi connectivity index (χ0n) is 19.1. The van der Waals surface area contributed by atoms with E-state index >= 15 is 0 Å². The van der Waals surface area contributed by atoms with E-state index in [9.17, 15) is 9.90 Å². The highest BCUT2D eigenvalue weighted by Crippen LogP contribution is 2.24. The number of hydrogen-bond donors (Lipinski definition) is 2. The van der Waals surface area contributed by atoms with E-state index in [4.69, 9.17) is 4.42 Å². The summed E-state index contributed by atoms with van der Waals surface area (Å²) in [5.41, 5.74) is 5.19. The Morgan fingerprint density at radius 2 is 1.79 bits per heavy atom. The van der Waals surface area contributed by atoms with Crippen LogP contribution in [0, 0.1) is 20.8 Å². The van der Waals surface area contributed by atoms with Crippen molar-refractivity contribution in [1.29, 1.82) is 0 Å². The number of para-hydroxylation sites is 1. The Labute approximate surface area is 193 Å². The third-order valence-corrected chi connectivity index (χ3v) is 5.55. The lowest BCUT2D eigenvalue weighted by Gasteiger charge is -2.21. The second-order valence-electron chi connectivity index (χ2n) is 8.19. The first-order valence-electron chi connectivity index (χ1n) is 10.9. The van der Waals surface area contributed by atoms with Crippen LogP contribution in [0.4, 0.5) is 5.69 Å². The minimum absolute atomic E-state index is 0.129. The van der Waals surface area contributed by atoms with Gasteiger partial charge >= 0.3 is 0 Å². The Balaban J connectivity index is 1.51. The molecule has 2 heterocycles. The molecule has 33 heavy (non-hydrogen) atoms. The van der Waals surface area contributed by atoms with Gasteiger partial charge in [0.15, 0.2) is 0 Å². The van der Waals surface area contributed by atoms with Crippen LogP contribution in [0.5, 0.6) is 5.75 Å². The molecule has 0 radical (unpaired) electrons. The van der Waals surface area contributed by atoms with Gasteiger partial charge in [-0.25, -0.2) is 4.68 Å². The fourth-order valence-electron chi connectivity index (χ4n) is 3.82. The summed E-state index contributed by atoms with van der Waals surface area (Å²) in [6.45, 7) is 6.84. The maximum absolute atomic E-state index is 13.0. The van der Waals surface area contributed by atoms with Gasteiger partial charge in [-0.15, -0.1) is 0 Å². The predicted molar refractivity (Wildman–Crippen MR) is 127 cm³/mol. The number of carbonyl (C=O) groups is 1. The van der Waals surface area contributed by atoms with Gasteiger partial charge in [0, 0.05) is 12.1 Å². The molecule has 0 fully saturated rings. The summed E-state index contributed by atoms with van der Waals surface area (Å²) in [6.07, 6.45) is 1.61. The van der Waals surface area contributed by atoms with E-state index in [-0.39, 0.29) is 18.2 Å². The summed E-state index contributed by atoms with van der Waals surface area (Å²) in [6, 6.07) is 18.9. The number of amides is 1. The highest BCUT2D eigenvalue weighted by molar-refractivity contribution is 5.93. The molecule has 0 bridgehead atoms. The predicted octanol–water partition coefficient (Wildman–Crippen LogP) is 4.74. The van der Waals surface area contributed by atoms with Crippen molar-refractivity contribution in [3.05, 3.63) is 95.2 Å². The highest BCUT2D eigenvalue weighted by Gasteiger charge is 2.19. The van der Waals surface area contributed by atoms with Crippen molar-refractivity contribution in [2.75, 3.05) is 11.9 Å². The van der Waals surface area contributed by atoms with Gasteiger partial charge in [0.05, 0.1) is 42.1 Å². The van der Waals surface area contributed by atoms with Crippen LogP contribution >= 0.6 is 0 Å². The Morgan fingerprint density at radius 1 is 1.03 bits per heavy atom. The van der Waals surface area contributed by atoms with E-state index in [1.54, 1.807) is 18.4 Å². The number of nitrogens with zero attached hydrogens (tertiary/aromatic N) is 3. The largest absolute Gasteiger partial charge is 0.508 e. The van der Waals surface area contributed by atoms with Gasteiger partial charge in [-0.05, 0) is 51.1 Å². The molecule has 0 saturated heterocycles. The van der Waals surface area contributed by atoms with Crippen LogP contribution in [0.15, 0.2) is 71.3 Å². The molecule has 0 atom stereocenters. The normalized spacial score (nSPS) is 11.2. The van der Waals surface area contributed by atoms with Crippen molar-refractivity contribution in [1.82, 2.24) is 14.7 Å². The fraction of sp³-hybridized carbons (Fsp3) is 0.231. The van der Waals surface area contributed by atoms with Crippen LogP contribution in [0.25, 0.3) is 5.69 Å². The third kappa shape index (κ3) is 5.32. The van der Waals surface area contributed by atoms with Crippen LogP contribution in [-0.2, 0) is 17.9 Å². The van der Waals surface area contributed by atoms with E-state index in [0.717, 1.165) is 28.4 Å². The number of phenolic OH excluding ortho intramolecular Hbond substituents is 1. The van der Waals surface area contributed by atoms with Gasteiger partial charge in [-0.2, -0.15) is 5.10 Å². The molecule has 7 heteroatoms. The maximum atomic E-state index is 13.0. The second kappa shape index (κ2) is 9.75. The van der Waals surface area contributed by atoms with E-state index in [1.165, 1.54) is 5.56 Å². The summed E-state index contributed by atoms with van der Waals surface area (Å²) in [5, 5.41) is 17.9. The molecular formula is C26H28N4O3. The van der Waals surface area contributed by atoms with Crippen molar-refractivity contribution < 1.29 is 14.3 Å². The van der Waals surface area contributed by atoms with Gasteiger partial charge in [0.25, 0.3) is 0 Å². The molecule has 0 spiro atoms. The number of phenols is 1. The van der Waals surface area contributed by atoms with Crippen LogP contribution in [0.2, 0.25) is 0 Å². The van der Waals surface area contributed by atoms with E-state index < -0.39 is 0 Å². The number of furan rings is 1. The lowest BCUT2D eigenvalue weighted by atomic mass is 10.2. The molecule has 0 unspecified atom stereocenters. The fourth-order valence-corrected chi connectivity index (χ4v) is 3.82. The van der Waals surface area contributed by atoms with Gasteiger partial charge < -0.3 is 14.8 Å². The zero-order chi connectivity index (χ0) is 23.4. The Bertz CT molecular complexity index is 1230. The van der Waals surface area contributed by atoms with Crippen molar-refractivity contribution >= 4 is 11.6 Å². The monoisotopic (exact) mass is 444 g/mol. The number of hydrogen-bond acceptors (Lipinski definition) is 5. The smallest absolute Gasteiger partial charge is 0.238 e. The first-order valence-corrected chi connectivity index (χ1v) is 10.9. The second-order valence-corrected chi connectivity index (χ2v) is 8.19. The highest BCUT2D eigenvalue weighted by atomic mass is 16.3. The van der Waals surface area contributed by atoms with Gasteiger partial charge in [0.1, 0.15) is 11.5 Å². The van der Waals surface area contributed by atoms with Gasteiger partial charge in [0.2, 0.25) is 5.91 Å². The topological polar surface area (TPSA) is 83.5 Å². The zero-order valence-corrected chi connectivity index (χ0v) is 19.1. The molecule has 2 N–H and O–H groups in total.